The van der Waals surface area contributed by atoms with Gasteiger partial charge < -0.3 is 4.84 Å². The van der Waals surface area contributed by atoms with Crippen molar-refractivity contribution >= 4 is 12.3 Å². The predicted molar refractivity (Wildman–Crippen MR) is 53.5 cm³/mol. The monoisotopic (exact) mass is 201 g/mol. The number of hydrogen-bond acceptors (Lipinski definition) is 4. The van der Waals surface area contributed by atoms with Crippen LogP contribution in [0.5, 0.6) is 0 Å². The Balaban J connectivity index is 3.51. The van der Waals surface area contributed by atoms with Crippen LogP contribution in [0.25, 0.3) is 0 Å². The Hall–Kier alpha value is -0.900. The summed E-state index contributed by atoms with van der Waals surface area (Å²) in [5, 5.41) is 0. The van der Waals surface area contributed by atoms with Crippen molar-refractivity contribution in [3.63, 3.8) is 0 Å². The number of rotatable bonds is 8. The predicted octanol–water partition coefficient (Wildman–Crippen LogP) is 1.45. The number of hydrogen-bond donors (Lipinski definition) is 1. The first-order valence-electron chi connectivity index (χ1n) is 5.13. The van der Waals surface area contributed by atoms with Crippen molar-refractivity contribution in [3.8, 4) is 0 Å². The lowest BCUT2D eigenvalue weighted by molar-refractivity contribution is -0.155. The van der Waals surface area contributed by atoms with Crippen LogP contribution in [0.3, 0.4) is 0 Å². The van der Waals surface area contributed by atoms with Gasteiger partial charge in [0.1, 0.15) is 0 Å². The summed E-state index contributed by atoms with van der Waals surface area (Å²) in [6, 6.07) is 0. The molecule has 1 atom stereocenters. The van der Waals surface area contributed by atoms with Gasteiger partial charge in [0, 0.05) is 6.54 Å². The SMILES string of the molecule is CCCCC(CC)CNOC(=O)C=O. The van der Waals surface area contributed by atoms with Crippen molar-refractivity contribution in [2.24, 2.45) is 5.92 Å². The fraction of sp³-hybridized carbons (Fsp3) is 0.800. The van der Waals surface area contributed by atoms with Crippen LogP contribution in [0.15, 0.2) is 0 Å². The van der Waals surface area contributed by atoms with Gasteiger partial charge in [-0.1, -0.05) is 33.1 Å². The molecule has 0 saturated heterocycles. The molecule has 0 aliphatic heterocycles. The molecule has 0 saturated carbocycles. The first-order valence-corrected chi connectivity index (χ1v) is 5.13. The van der Waals surface area contributed by atoms with Crippen LogP contribution in [-0.2, 0) is 14.4 Å². The Kier molecular flexibility index (Phi) is 8.13. The van der Waals surface area contributed by atoms with Crippen LogP contribution < -0.4 is 5.48 Å². The first-order chi connectivity index (χ1) is 6.74. The standard InChI is InChI=1S/C10H19NO3/c1-3-5-6-9(4-2)7-11-14-10(13)8-12/h8-9,11H,3-7H2,1-2H3. The van der Waals surface area contributed by atoms with Crippen molar-refractivity contribution in [3.05, 3.63) is 0 Å². The molecule has 0 aromatic rings. The molecule has 0 fully saturated rings. The van der Waals surface area contributed by atoms with Gasteiger partial charge in [0.15, 0.2) is 0 Å². The molecular weight excluding hydrogens is 182 g/mol. The second-order valence-corrected chi connectivity index (χ2v) is 3.30. The van der Waals surface area contributed by atoms with Gasteiger partial charge in [-0.05, 0) is 12.3 Å². The van der Waals surface area contributed by atoms with Crippen molar-refractivity contribution in [2.45, 2.75) is 39.5 Å². The van der Waals surface area contributed by atoms with E-state index in [0.29, 0.717) is 12.5 Å². The molecule has 0 aromatic carbocycles. The molecule has 0 spiro atoms. The van der Waals surface area contributed by atoms with Crippen LogP contribution in [-0.4, -0.2) is 18.8 Å². The molecule has 0 bridgehead atoms. The summed E-state index contributed by atoms with van der Waals surface area (Å²) in [5.74, 6) is -0.357. The molecule has 0 amide bonds. The fourth-order valence-corrected chi connectivity index (χ4v) is 1.20. The van der Waals surface area contributed by atoms with E-state index in [9.17, 15) is 9.59 Å². The van der Waals surface area contributed by atoms with Crippen molar-refractivity contribution in [2.75, 3.05) is 6.54 Å². The van der Waals surface area contributed by atoms with E-state index in [2.05, 4.69) is 24.2 Å². The topological polar surface area (TPSA) is 55.4 Å². The second-order valence-electron chi connectivity index (χ2n) is 3.30. The highest BCUT2D eigenvalue weighted by Gasteiger charge is 2.06. The van der Waals surface area contributed by atoms with Crippen LogP contribution in [0.4, 0.5) is 0 Å². The summed E-state index contributed by atoms with van der Waals surface area (Å²) in [6.45, 7) is 4.87. The van der Waals surface area contributed by atoms with E-state index < -0.39 is 5.97 Å². The van der Waals surface area contributed by atoms with Crippen LogP contribution in [0, 0.1) is 5.92 Å². The van der Waals surface area contributed by atoms with Gasteiger partial charge in [0.25, 0.3) is 0 Å². The Bertz CT molecular complexity index is 171. The summed E-state index contributed by atoms with van der Waals surface area (Å²) in [4.78, 5) is 24.8. The third-order valence-corrected chi connectivity index (χ3v) is 2.18. The van der Waals surface area contributed by atoms with E-state index in [1.54, 1.807) is 0 Å². The number of carbonyl (C=O) groups is 2. The molecule has 82 valence electrons. The van der Waals surface area contributed by atoms with Crippen molar-refractivity contribution < 1.29 is 14.4 Å². The maximum Gasteiger partial charge on any atom is 0.389 e. The molecule has 0 aliphatic rings. The smallest absolute Gasteiger partial charge is 0.365 e. The third-order valence-electron chi connectivity index (χ3n) is 2.18. The van der Waals surface area contributed by atoms with Crippen molar-refractivity contribution in [1.29, 1.82) is 0 Å². The highest BCUT2D eigenvalue weighted by atomic mass is 16.7. The Morgan fingerprint density at radius 2 is 2.21 bits per heavy atom. The van der Waals surface area contributed by atoms with Crippen LogP contribution >= 0.6 is 0 Å². The van der Waals surface area contributed by atoms with Gasteiger partial charge in [-0.2, -0.15) is 5.48 Å². The molecule has 1 unspecified atom stereocenters. The Morgan fingerprint density at radius 1 is 1.50 bits per heavy atom. The molecule has 4 nitrogen and oxygen atoms in total. The lowest BCUT2D eigenvalue weighted by Crippen LogP contribution is -2.26. The quantitative estimate of drug-likeness (QED) is 0.367. The summed E-state index contributed by atoms with van der Waals surface area (Å²) in [7, 11) is 0. The number of hydroxylamine groups is 1. The van der Waals surface area contributed by atoms with Gasteiger partial charge in [0.05, 0.1) is 0 Å². The minimum atomic E-state index is -0.865. The van der Waals surface area contributed by atoms with E-state index in [1.165, 1.54) is 12.8 Å². The van der Waals surface area contributed by atoms with Gasteiger partial charge in [-0.15, -0.1) is 0 Å². The van der Waals surface area contributed by atoms with Crippen molar-refractivity contribution in [1.82, 2.24) is 5.48 Å². The van der Waals surface area contributed by atoms with Crippen LogP contribution in [0.1, 0.15) is 39.5 Å². The molecule has 0 aliphatic carbocycles. The minimum absolute atomic E-state index is 0.153. The van der Waals surface area contributed by atoms with Gasteiger partial charge >= 0.3 is 5.97 Å². The highest BCUT2D eigenvalue weighted by molar-refractivity contribution is 6.20. The number of carbonyl (C=O) groups excluding carboxylic acids is 2. The lowest BCUT2D eigenvalue weighted by Gasteiger charge is -2.13. The molecule has 14 heavy (non-hydrogen) atoms. The lowest BCUT2D eigenvalue weighted by atomic mass is 10.00. The van der Waals surface area contributed by atoms with E-state index in [1.807, 2.05) is 0 Å². The van der Waals surface area contributed by atoms with E-state index in [0.717, 1.165) is 12.8 Å². The van der Waals surface area contributed by atoms with Gasteiger partial charge in [-0.3, -0.25) is 4.79 Å². The molecule has 0 aromatic heterocycles. The largest absolute Gasteiger partial charge is 0.389 e. The zero-order chi connectivity index (χ0) is 10.8. The summed E-state index contributed by atoms with van der Waals surface area (Å²) >= 11 is 0. The van der Waals surface area contributed by atoms with Crippen LogP contribution in [0.2, 0.25) is 0 Å². The number of unbranched alkanes of at least 4 members (excludes halogenated alkanes) is 1. The zero-order valence-corrected chi connectivity index (χ0v) is 8.91. The summed E-state index contributed by atoms with van der Waals surface area (Å²) in [5.41, 5.74) is 2.52. The van der Waals surface area contributed by atoms with E-state index in [4.69, 9.17) is 0 Å². The van der Waals surface area contributed by atoms with E-state index in [-0.39, 0.29) is 6.29 Å². The normalized spacial score (nSPS) is 12.1. The van der Waals surface area contributed by atoms with Gasteiger partial charge in [-0.25, -0.2) is 4.79 Å². The third kappa shape index (κ3) is 6.60. The molecule has 0 rings (SSSR count). The van der Waals surface area contributed by atoms with Gasteiger partial charge in [0.2, 0.25) is 6.29 Å². The molecule has 1 N–H and O–H groups in total. The minimum Gasteiger partial charge on any atom is -0.365 e. The van der Waals surface area contributed by atoms with E-state index >= 15 is 0 Å². The Labute approximate surface area is 85.0 Å². The molecular formula is C10H19NO3. The maximum absolute atomic E-state index is 10.4. The fourth-order valence-electron chi connectivity index (χ4n) is 1.20. The average Bonchev–Trinajstić information content (AvgIpc) is 2.22. The highest BCUT2D eigenvalue weighted by Crippen LogP contribution is 2.10. The zero-order valence-electron chi connectivity index (χ0n) is 8.91. The summed E-state index contributed by atoms with van der Waals surface area (Å²) < 4.78 is 0. The number of nitrogens with one attached hydrogen (secondary N) is 1. The first kappa shape index (κ1) is 13.1. The molecule has 4 heteroatoms. The second kappa shape index (κ2) is 8.69. The number of aldehydes is 1. The summed E-state index contributed by atoms with van der Waals surface area (Å²) in [6.07, 6.45) is 4.68. The average molecular weight is 201 g/mol. The Morgan fingerprint density at radius 3 is 2.71 bits per heavy atom. The molecule has 0 radical (unpaired) electrons. The maximum atomic E-state index is 10.4. The molecule has 0 heterocycles.